The molecule has 2 heterocycles. The van der Waals surface area contributed by atoms with Gasteiger partial charge in [-0.25, -0.2) is 4.98 Å². The number of halogens is 1. The van der Waals surface area contributed by atoms with Gasteiger partial charge < -0.3 is 4.42 Å². The molecule has 0 spiro atoms. The zero-order chi connectivity index (χ0) is 14.8. The van der Waals surface area contributed by atoms with E-state index >= 15 is 0 Å². The minimum Gasteiger partial charge on any atom is -0.469 e. The Morgan fingerprint density at radius 2 is 2.05 bits per heavy atom. The first kappa shape index (κ1) is 14.0. The van der Waals surface area contributed by atoms with E-state index in [1.165, 1.54) is 17.6 Å². The number of thiazole rings is 1. The number of aromatic nitrogens is 1. The number of aryl methyl sites for hydroxylation is 1. The van der Waals surface area contributed by atoms with Gasteiger partial charge >= 0.3 is 0 Å². The zero-order valence-electron chi connectivity index (χ0n) is 11.1. The lowest BCUT2D eigenvalue weighted by atomic mass is 10.2. The molecule has 0 atom stereocenters. The van der Waals surface area contributed by atoms with Crippen molar-refractivity contribution >= 4 is 38.3 Å². The van der Waals surface area contributed by atoms with Crippen LogP contribution in [-0.2, 0) is 0 Å². The van der Waals surface area contributed by atoms with Gasteiger partial charge in [0.15, 0.2) is 5.13 Å². The normalized spacial score (nSPS) is 10.6. The van der Waals surface area contributed by atoms with Gasteiger partial charge in [-0.3, -0.25) is 10.1 Å². The van der Waals surface area contributed by atoms with Crippen LogP contribution >= 0.6 is 27.3 Å². The van der Waals surface area contributed by atoms with E-state index in [1.54, 1.807) is 13.0 Å². The fraction of sp³-hybridized carbons (Fsp3) is 0.0667. The maximum atomic E-state index is 12.1. The molecule has 0 aliphatic rings. The first-order valence-electron chi connectivity index (χ1n) is 6.20. The highest BCUT2D eigenvalue weighted by Gasteiger charge is 2.13. The summed E-state index contributed by atoms with van der Waals surface area (Å²) in [4.78, 5) is 16.5. The summed E-state index contributed by atoms with van der Waals surface area (Å²) in [5.41, 5.74) is 2.37. The third-order valence-electron chi connectivity index (χ3n) is 2.97. The van der Waals surface area contributed by atoms with Crippen LogP contribution in [0, 0.1) is 6.92 Å². The van der Waals surface area contributed by atoms with Crippen molar-refractivity contribution in [3.05, 3.63) is 57.8 Å². The molecular weight excluding hydrogens is 352 g/mol. The predicted octanol–water partition coefficient (Wildman–Crippen LogP) is 4.73. The molecule has 1 aromatic carbocycles. The number of furan rings is 1. The Balaban J connectivity index is 1.78. The molecule has 3 aromatic rings. The smallest absolute Gasteiger partial charge is 0.260 e. The number of carbonyl (C=O) groups excluding carboxylic acids is 1. The van der Waals surface area contributed by atoms with Gasteiger partial charge in [0.1, 0.15) is 5.76 Å². The van der Waals surface area contributed by atoms with Gasteiger partial charge in [-0.1, -0.05) is 28.1 Å². The van der Waals surface area contributed by atoms with Crippen molar-refractivity contribution in [3.63, 3.8) is 0 Å². The molecule has 0 saturated heterocycles. The highest BCUT2D eigenvalue weighted by molar-refractivity contribution is 9.10. The first-order chi connectivity index (χ1) is 10.1. The van der Waals surface area contributed by atoms with E-state index in [0.717, 1.165) is 15.7 Å². The van der Waals surface area contributed by atoms with Crippen LogP contribution < -0.4 is 5.32 Å². The molecule has 2 aromatic heterocycles. The molecule has 0 aliphatic carbocycles. The Labute approximate surface area is 134 Å². The number of rotatable bonds is 3. The fourth-order valence-electron chi connectivity index (χ4n) is 1.87. The highest BCUT2D eigenvalue weighted by atomic mass is 79.9. The van der Waals surface area contributed by atoms with E-state index < -0.39 is 0 Å². The van der Waals surface area contributed by atoms with Crippen LogP contribution in [0.5, 0.6) is 0 Å². The molecule has 3 rings (SSSR count). The van der Waals surface area contributed by atoms with Crippen molar-refractivity contribution in [2.24, 2.45) is 0 Å². The van der Waals surface area contributed by atoms with Crippen LogP contribution in [0.3, 0.4) is 0 Å². The summed E-state index contributed by atoms with van der Waals surface area (Å²) in [6.07, 6.45) is 1.50. The summed E-state index contributed by atoms with van der Waals surface area (Å²) in [5, 5.41) is 5.27. The average molecular weight is 363 g/mol. The van der Waals surface area contributed by atoms with Crippen molar-refractivity contribution < 1.29 is 9.21 Å². The van der Waals surface area contributed by atoms with Gasteiger partial charge in [0, 0.05) is 15.4 Å². The van der Waals surface area contributed by atoms with Gasteiger partial charge in [0.2, 0.25) is 0 Å². The van der Waals surface area contributed by atoms with Crippen LogP contribution in [0.1, 0.15) is 16.1 Å². The Morgan fingerprint density at radius 1 is 1.29 bits per heavy atom. The van der Waals surface area contributed by atoms with Crippen LogP contribution in [0.25, 0.3) is 11.3 Å². The molecule has 1 amide bonds. The van der Waals surface area contributed by atoms with E-state index in [-0.39, 0.29) is 5.91 Å². The predicted molar refractivity (Wildman–Crippen MR) is 86.6 cm³/mol. The Morgan fingerprint density at radius 3 is 2.71 bits per heavy atom. The number of hydrogen-bond acceptors (Lipinski definition) is 4. The van der Waals surface area contributed by atoms with Crippen LogP contribution in [-0.4, -0.2) is 10.9 Å². The van der Waals surface area contributed by atoms with Gasteiger partial charge in [-0.05, 0) is 25.1 Å². The molecular formula is C15H11BrN2O2S. The molecule has 0 saturated carbocycles. The standard InChI is InChI=1S/C15H11BrN2O2S/c1-9-12(6-7-20-9)14(19)18-15-17-13(8-21-15)10-2-4-11(16)5-3-10/h2-8H,1H3,(H,17,18,19). The third-order valence-corrected chi connectivity index (χ3v) is 4.25. The highest BCUT2D eigenvalue weighted by Crippen LogP contribution is 2.26. The number of hydrogen-bond donors (Lipinski definition) is 1. The van der Waals surface area contributed by atoms with Gasteiger partial charge in [0.25, 0.3) is 5.91 Å². The number of amides is 1. The monoisotopic (exact) mass is 362 g/mol. The quantitative estimate of drug-likeness (QED) is 0.732. The summed E-state index contributed by atoms with van der Waals surface area (Å²) < 4.78 is 6.15. The van der Waals surface area contributed by atoms with Gasteiger partial charge in [-0.2, -0.15) is 0 Å². The molecule has 6 heteroatoms. The summed E-state index contributed by atoms with van der Waals surface area (Å²) in [6, 6.07) is 9.52. The number of nitrogens with zero attached hydrogens (tertiary/aromatic N) is 1. The topological polar surface area (TPSA) is 55.1 Å². The summed E-state index contributed by atoms with van der Waals surface area (Å²) in [7, 11) is 0. The number of anilines is 1. The molecule has 106 valence electrons. The van der Waals surface area contributed by atoms with Gasteiger partial charge in [-0.15, -0.1) is 11.3 Å². The van der Waals surface area contributed by atoms with Crippen molar-refractivity contribution in [2.75, 3.05) is 5.32 Å². The molecule has 0 fully saturated rings. The lowest BCUT2D eigenvalue weighted by Gasteiger charge is -2.00. The van der Waals surface area contributed by atoms with Crippen molar-refractivity contribution in [1.29, 1.82) is 0 Å². The third kappa shape index (κ3) is 3.06. The Bertz CT molecular complexity index is 777. The first-order valence-corrected chi connectivity index (χ1v) is 7.87. The minimum atomic E-state index is -0.210. The molecule has 0 unspecified atom stereocenters. The minimum absolute atomic E-state index is 0.210. The molecule has 4 nitrogen and oxygen atoms in total. The van der Waals surface area contributed by atoms with E-state index in [2.05, 4.69) is 26.2 Å². The second-order valence-electron chi connectivity index (χ2n) is 4.39. The Kier molecular flexibility index (Phi) is 3.90. The van der Waals surface area contributed by atoms with Crippen molar-refractivity contribution in [1.82, 2.24) is 4.98 Å². The van der Waals surface area contributed by atoms with Gasteiger partial charge in [0.05, 0.1) is 17.5 Å². The maximum absolute atomic E-state index is 12.1. The average Bonchev–Trinajstić information content (AvgIpc) is 3.09. The molecule has 0 bridgehead atoms. The molecule has 21 heavy (non-hydrogen) atoms. The number of nitrogens with one attached hydrogen (secondary N) is 1. The summed E-state index contributed by atoms with van der Waals surface area (Å²) in [5.74, 6) is 0.384. The second kappa shape index (κ2) is 5.83. The van der Waals surface area contributed by atoms with E-state index in [4.69, 9.17) is 4.42 Å². The molecule has 0 aliphatic heterocycles. The van der Waals surface area contributed by atoms with Crippen molar-refractivity contribution in [3.8, 4) is 11.3 Å². The van der Waals surface area contributed by atoms with E-state index in [0.29, 0.717) is 16.5 Å². The second-order valence-corrected chi connectivity index (χ2v) is 6.16. The fourth-order valence-corrected chi connectivity index (χ4v) is 2.85. The Hall–Kier alpha value is -1.92. The lowest BCUT2D eigenvalue weighted by Crippen LogP contribution is -2.11. The number of benzene rings is 1. The largest absolute Gasteiger partial charge is 0.469 e. The zero-order valence-corrected chi connectivity index (χ0v) is 13.5. The molecule has 1 N–H and O–H groups in total. The van der Waals surface area contributed by atoms with Crippen molar-refractivity contribution in [2.45, 2.75) is 6.92 Å². The summed E-state index contributed by atoms with van der Waals surface area (Å²) >= 11 is 4.80. The summed E-state index contributed by atoms with van der Waals surface area (Å²) in [6.45, 7) is 1.75. The van der Waals surface area contributed by atoms with E-state index in [9.17, 15) is 4.79 Å². The van der Waals surface area contributed by atoms with Crippen LogP contribution in [0.4, 0.5) is 5.13 Å². The van der Waals surface area contributed by atoms with Crippen LogP contribution in [0.2, 0.25) is 0 Å². The molecule has 0 radical (unpaired) electrons. The van der Waals surface area contributed by atoms with Crippen LogP contribution in [0.15, 0.2) is 50.9 Å². The lowest BCUT2D eigenvalue weighted by molar-refractivity contribution is 0.102. The SMILES string of the molecule is Cc1occc1C(=O)Nc1nc(-c2ccc(Br)cc2)cs1. The maximum Gasteiger partial charge on any atom is 0.260 e. The van der Waals surface area contributed by atoms with E-state index in [1.807, 2.05) is 29.6 Å². The number of carbonyl (C=O) groups is 1.